The quantitative estimate of drug-likeness (QED) is 0.743. The molecule has 4 rings (SSSR count). The van der Waals surface area contributed by atoms with Crippen LogP contribution in [0.2, 0.25) is 0 Å². The van der Waals surface area contributed by atoms with Crippen molar-refractivity contribution in [2.75, 3.05) is 37.8 Å². The van der Waals surface area contributed by atoms with Crippen molar-refractivity contribution in [3.63, 3.8) is 0 Å². The Morgan fingerprint density at radius 1 is 1.19 bits per heavy atom. The maximum absolute atomic E-state index is 12.0. The van der Waals surface area contributed by atoms with Crippen LogP contribution in [0.25, 0.3) is 22.8 Å². The van der Waals surface area contributed by atoms with E-state index in [9.17, 15) is 4.79 Å². The summed E-state index contributed by atoms with van der Waals surface area (Å²) in [4.78, 5) is 24.3. The summed E-state index contributed by atoms with van der Waals surface area (Å²) >= 11 is 0. The Morgan fingerprint density at radius 3 is 2.56 bits per heavy atom. The van der Waals surface area contributed by atoms with Gasteiger partial charge in [-0.2, -0.15) is 0 Å². The number of amides is 1. The number of anilines is 2. The number of nitrogens with two attached hydrogens (primary N) is 1. The van der Waals surface area contributed by atoms with E-state index in [2.05, 4.69) is 20.2 Å². The standard InChI is InChI=1S/C18H19N7O2/c1-24(2)17(26)12-6-4-11(5-7-12)13-10-20-15(19)14(21-13)16-22-23-18(27-16)25-8-3-9-25/h4-7,10H,3,8-9H2,1-2H3,(H2,19,20). The molecule has 0 atom stereocenters. The van der Waals surface area contributed by atoms with Crippen molar-refractivity contribution >= 4 is 17.7 Å². The van der Waals surface area contributed by atoms with E-state index in [4.69, 9.17) is 10.2 Å². The van der Waals surface area contributed by atoms with E-state index in [1.165, 1.54) is 4.90 Å². The number of nitrogens with zero attached hydrogens (tertiary/aromatic N) is 6. The molecule has 1 aliphatic rings. The summed E-state index contributed by atoms with van der Waals surface area (Å²) in [6.07, 6.45) is 2.69. The lowest BCUT2D eigenvalue weighted by Crippen LogP contribution is -2.37. The number of benzene rings is 1. The van der Waals surface area contributed by atoms with Gasteiger partial charge in [0.05, 0.1) is 11.9 Å². The van der Waals surface area contributed by atoms with E-state index in [1.54, 1.807) is 32.4 Å². The van der Waals surface area contributed by atoms with Gasteiger partial charge in [-0.25, -0.2) is 9.97 Å². The van der Waals surface area contributed by atoms with Gasteiger partial charge in [-0.3, -0.25) is 4.79 Å². The fourth-order valence-corrected chi connectivity index (χ4v) is 2.68. The Kier molecular flexibility index (Phi) is 4.19. The average Bonchev–Trinajstić information content (AvgIpc) is 3.09. The lowest BCUT2D eigenvalue weighted by Gasteiger charge is -2.28. The highest BCUT2D eigenvalue weighted by molar-refractivity contribution is 5.94. The van der Waals surface area contributed by atoms with Crippen molar-refractivity contribution in [3.8, 4) is 22.8 Å². The highest BCUT2D eigenvalue weighted by Gasteiger charge is 2.22. The van der Waals surface area contributed by atoms with Crippen molar-refractivity contribution in [1.29, 1.82) is 0 Å². The first-order valence-corrected chi connectivity index (χ1v) is 8.56. The molecule has 2 aromatic heterocycles. The molecule has 2 N–H and O–H groups in total. The Morgan fingerprint density at radius 2 is 1.93 bits per heavy atom. The Hall–Kier alpha value is -3.49. The summed E-state index contributed by atoms with van der Waals surface area (Å²) in [5.74, 6) is 0.398. The SMILES string of the molecule is CN(C)C(=O)c1ccc(-c2cnc(N)c(-c3nnc(N4CCC4)o3)n2)cc1. The van der Waals surface area contributed by atoms with E-state index >= 15 is 0 Å². The van der Waals surface area contributed by atoms with Crippen LogP contribution in [0.1, 0.15) is 16.8 Å². The summed E-state index contributed by atoms with van der Waals surface area (Å²) in [6.45, 7) is 1.81. The van der Waals surface area contributed by atoms with Gasteiger partial charge in [-0.15, -0.1) is 5.10 Å². The molecule has 3 aromatic rings. The maximum Gasteiger partial charge on any atom is 0.318 e. The minimum atomic E-state index is -0.0602. The van der Waals surface area contributed by atoms with Gasteiger partial charge in [0, 0.05) is 38.3 Å². The fourth-order valence-electron chi connectivity index (χ4n) is 2.68. The molecule has 9 nitrogen and oxygen atoms in total. The molecule has 0 aliphatic carbocycles. The van der Waals surface area contributed by atoms with Gasteiger partial charge in [0.25, 0.3) is 11.8 Å². The molecule has 0 spiro atoms. The predicted octanol–water partition coefficient (Wildman–Crippen LogP) is 1.69. The summed E-state index contributed by atoms with van der Waals surface area (Å²) in [6, 6.07) is 7.61. The first-order valence-electron chi connectivity index (χ1n) is 8.56. The highest BCUT2D eigenvalue weighted by Crippen LogP contribution is 2.28. The molecule has 9 heteroatoms. The summed E-state index contributed by atoms with van der Waals surface area (Å²) < 4.78 is 5.69. The van der Waals surface area contributed by atoms with Gasteiger partial charge in [0.1, 0.15) is 0 Å². The molecule has 1 aromatic carbocycles. The van der Waals surface area contributed by atoms with Gasteiger partial charge in [-0.05, 0) is 18.6 Å². The third-order valence-corrected chi connectivity index (χ3v) is 4.38. The highest BCUT2D eigenvalue weighted by atomic mass is 16.4. The fraction of sp³-hybridized carbons (Fsp3) is 0.278. The van der Waals surface area contributed by atoms with Crippen LogP contribution in [0.4, 0.5) is 11.8 Å². The molecule has 3 heterocycles. The van der Waals surface area contributed by atoms with Gasteiger partial charge in [0.15, 0.2) is 11.5 Å². The van der Waals surface area contributed by atoms with Crippen molar-refractivity contribution in [3.05, 3.63) is 36.0 Å². The first kappa shape index (κ1) is 17.0. The number of hydrogen-bond donors (Lipinski definition) is 1. The Labute approximate surface area is 155 Å². The van der Waals surface area contributed by atoms with Crippen LogP contribution in [0.15, 0.2) is 34.9 Å². The normalized spacial score (nSPS) is 13.3. The number of carbonyl (C=O) groups is 1. The number of rotatable bonds is 4. The smallest absolute Gasteiger partial charge is 0.318 e. The van der Waals surface area contributed by atoms with E-state index in [0.29, 0.717) is 23.0 Å². The minimum absolute atomic E-state index is 0.0602. The molecule has 0 unspecified atom stereocenters. The van der Waals surface area contributed by atoms with Crippen LogP contribution in [-0.4, -0.2) is 58.2 Å². The summed E-state index contributed by atoms with van der Waals surface area (Å²) in [7, 11) is 3.43. The third-order valence-electron chi connectivity index (χ3n) is 4.38. The molecule has 0 saturated carbocycles. The zero-order chi connectivity index (χ0) is 19.0. The largest absolute Gasteiger partial charge is 0.401 e. The number of carbonyl (C=O) groups excluding carboxylic acids is 1. The van der Waals surface area contributed by atoms with E-state index < -0.39 is 0 Å². The summed E-state index contributed by atoms with van der Waals surface area (Å²) in [5, 5.41) is 8.10. The van der Waals surface area contributed by atoms with Crippen LogP contribution in [0.3, 0.4) is 0 Å². The number of hydrogen-bond acceptors (Lipinski definition) is 8. The van der Waals surface area contributed by atoms with E-state index in [-0.39, 0.29) is 17.6 Å². The molecule has 1 aliphatic heterocycles. The van der Waals surface area contributed by atoms with Crippen molar-refractivity contribution in [2.45, 2.75) is 6.42 Å². The zero-order valence-corrected chi connectivity index (χ0v) is 15.1. The van der Waals surface area contributed by atoms with Crippen molar-refractivity contribution in [2.24, 2.45) is 0 Å². The Bertz CT molecular complexity index is 978. The van der Waals surface area contributed by atoms with Gasteiger partial charge in [0.2, 0.25) is 0 Å². The number of aromatic nitrogens is 4. The van der Waals surface area contributed by atoms with Crippen LogP contribution >= 0.6 is 0 Å². The topological polar surface area (TPSA) is 114 Å². The molecule has 1 amide bonds. The third kappa shape index (κ3) is 3.19. The Balaban J connectivity index is 1.64. The van der Waals surface area contributed by atoms with E-state index in [1.807, 2.05) is 17.0 Å². The minimum Gasteiger partial charge on any atom is -0.401 e. The van der Waals surface area contributed by atoms with Crippen LogP contribution < -0.4 is 10.6 Å². The maximum atomic E-state index is 12.0. The molecule has 27 heavy (non-hydrogen) atoms. The van der Waals surface area contributed by atoms with Gasteiger partial charge < -0.3 is 20.0 Å². The van der Waals surface area contributed by atoms with Crippen molar-refractivity contribution < 1.29 is 9.21 Å². The molecule has 0 radical (unpaired) electrons. The van der Waals surface area contributed by atoms with Gasteiger partial charge in [-0.1, -0.05) is 17.2 Å². The second kappa shape index (κ2) is 6.67. The molecule has 1 saturated heterocycles. The van der Waals surface area contributed by atoms with Gasteiger partial charge >= 0.3 is 6.01 Å². The number of nitrogen functional groups attached to an aromatic ring is 1. The summed E-state index contributed by atoms with van der Waals surface area (Å²) in [5.41, 5.74) is 8.32. The lowest BCUT2D eigenvalue weighted by atomic mass is 10.1. The lowest BCUT2D eigenvalue weighted by molar-refractivity contribution is 0.0827. The zero-order valence-electron chi connectivity index (χ0n) is 15.1. The van der Waals surface area contributed by atoms with Crippen LogP contribution in [0, 0.1) is 0 Å². The van der Waals surface area contributed by atoms with Crippen molar-refractivity contribution in [1.82, 2.24) is 25.1 Å². The molecular formula is C18H19N7O2. The van der Waals surface area contributed by atoms with Crippen LogP contribution in [0.5, 0.6) is 0 Å². The second-order valence-electron chi connectivity index (χ2n) is 6.50. The predicted molar refractivity (Wildman–Crippen MR) is 100 cm³/mol. The van der Waals surface area contributed by atoms with E-state index in [0.717, 1.165) is 25.1 Å². The molecule has 138 valence electrons. The molecule has 0 bridgehead atoms. The monoisotopic (exact) mass is 365 g/mol. The molecule has 1 fully saturated rings. The first-order chi connectivity index (χ1) is 13.0. The van der Waals surface area contributed by atoms with Crippen LogP contribution in [-0.2, 0) is 0 Å². The average molecular weight is 365 g/mol. The molecular weight excluding hydrogens is 346 g/mol. The second-order valence-corrected chi connectivity index (χ2v) is 6.50.